The lowest BCUT2D eigenvalue weighted by atomic mass is 10.1. The number of aliphatic imine (C=N–C) groups is 1. The van der Waals surface area contributed by atoms with Gasteiger partial charge >= 0.3 is 0 Å². The average Bonchev–Trinajstić information content (AvgIpc) is 2.86. The van der Waals surface area contributed by atoms with Gasteiger partial charge in [0.25, 0.3) is 15.9 Å². The predicted octanol–water partition coefficient (Wildman–Crippen LogP) is 5.54. The lowest BCUT2D eigenvalue weighted by Gasteiger charge is -2.35. The van der Waals surface area contributed by atoms with Crippen LogP contribution in [0.3, 0.4) is 0 Å². The molecule has 0 radical (unpaired) electrons. The molecule has 1 heterocycles. The minimum atomic E-state index is -4.30. The highest BCUT2D eigenvalue weighted by Crippen LogP contribution is 2.40. The summed E-state index contributed by atoms with van der Waals surface area (Å²) in [6, 6.07) is 13.8. The Kier molecular flexibility index (Phi) is 7.80. The molecule has 0 bridgehead atoms. The summed E-state index contributed by atoms with van der Waals surface area (Å²) in [7, 11) is -4.30. The molecule has 0 saturated carbocycles. The Labute approximate surface area is 224 Å². The third-order valence-electron chi connectivity index (χ3n) is 5.89. The molecule has 12 heteroatoms. The van der Waals surface area contributed by atoms with Gasteiger partial charge in [-0.15, -0.1) is 0 Å². The van der Waals surface area contributed by atoms with Gasteiger partial charge in [-0.05, 0) is 49.4 Å². The maximum absolute atomic E-state index is 14.2. The summed E-state index contributed by atoms with van der Waals surface area (Å²) in [5.41, 5.74) is 6.12. The molecular weight excluding hydrogens is 541 g/mol. The highest BCUT2D eigenvalue weighted by Gasteiger charge is 2.36. The Morgan fingerprint density at radius 3 is 2.63 bits per heavy atom. The van der Waals surface area contributed by atoms with E-state index in [1.807, 2.05) is 0 Å². The average molecular weight is 567 g/mol. The topological polar surface area (TPSA) is 97.0 Å². The first kappa shape index (κ1) is 27.6. The number of sulfonamides is 1. The van der Waals surface area contributed by atoms with E-state index in [2.05, 4.69) is 10.3 Å². The van der Waals surface area contributed by atoms with Gasteiger partial charge < -0.3 is 15.8 Å². The zero-order chi connectivity index (χ0) is 27.7. The van der Waals surface area contributed by atoms with Crippen LogP contribution >= 0.6 is 11.6 Å². The largest absolute Gasteiger partial charge is 0.484 e. The molecule has 1 aliphatic heterocycles. The summed E-state index contributed by atoms with van der Waals surface area (Å²) >= 11 is 6.11. The number of anilines is 2. The van der Waals surface area contributed by atoms with E-state index in [1.54, 1.807) is 25.1 Å². The normalized spacial score (nSPS) is 16.1. The molecule has 0 fully saturated rings. The number of nitrogens with two attached hydrogens (primary N) is 1. The highest BCUT2D eigenvalue weighted by molar-refractivity contribution is 7.92. The SMILES string of the molecule is CC(N)=NC[C@H]1CN(S(=O)(=O)c2cccc(C(C)(F)F)c2)c2cc(NCc3c(F)cccc3Cl)ccc2O1. The van der Waals surface area contributed by atoms with Crippen molar-refractivity contribution in [1.29, 1.82) is 0 Å². The van der Waals surface area contributed by atoms with E-state index >= 15 is 0 Å². The zero-order valence-corrected chi connectivity index (χ0v) is 22.2. The molecule has 202 valence electrons. The van der Waals surface area contributed by atoms with Crippen molar-refractivity contribution in [2.24, 2.45) is 10.7 Å². The molecule has 0 amide bonds. The van der Waals surface area contributed by atoms with Crippen molar-refractivity contribution < 1.29 is 26.3 Å². The summed E-state index contributed by atoms with van der Waals surface area (Å²) in [6.07, 6.45) is -0.678. The monoisotopic (exact) mass is 566 g/mol. The van der Waals surface area contributed by atoms with Gasteiger partial charge in [0.05, 0.1) is 29.5 Å². The summed E-state index contributed by atoms with van der Waals surface area (Å²) < 4.78 is 76.8. The molecule has 1 aliphatic rings. The summed E-state index contributed by atoms with van der Waals surface area (Å²) in [5.74, 6) is -3.16. The van der Waals surface area contributed by atoms with Crippen LogP contribution in [0.1, 0.15) is 25.0 Å². The van der Waals surface area contributed by atoms with Gasteiger partial charge in [-0.3, -0.25) is 9.30 Å². The van der Waals surface area contributed by atoms with Crippen LogP contribution in [-0.4, -0.2) is 33.4 Å². The minimum Gasteiger partial charge on any atom is -0.484 e. The Morgan fingerprint density at radius 2 is 1.95 bits per heavy atom. The first-order chi connectivity index (χ1) is 17.9. The second kappa shape index (κ2) is 10.7. The number of halogens is 4. The number of hydrogen-bond acceptors (Lipinski definition) is 5. The number of nitrogens with one attached hydrogen (secondary N) is 1. The summed E-state index contributed by atoms with van der Waals surface area (Å²) in [5, 5.41) is 3.29. The fourth-order valence-electron chi connectivity index (χ4n) is 3.94. The molecule has 4 rings (SSSR count). The van der Waals surface area contributed by atoms with E-state index in [-0.39, 0.29) is 46.6 Å². The fraction of sp³-hybridized carbons (Fsp3) is 0.269. The molecule has 3 N–H and O–H groups in total. The van der Waals surface area contributed by atoms with Crippen LogP contribution in [0.2, 0.25) is 5.02 Å². The molecule has 7 nitrogen and oxygen atoms in total. The number of hydrogen-bond donors (Lipinski definition) is 2. The van der Waals surface area contributed by atoms with Crippen molar-refractivity contribution in [3.8, 4) is 5.75 Å². The number of rotatable bonds is 8. The number of ether oxygens (including phenoxy) is 1. The van der Waals surface area contributed by atoms with E-state index in [0.717, 1.165) is 10.4 Å². The van der Waals surface area contributed by atoms with E-state index < -0.39 is 33.4 Å². The summed E-state index contributed by atoms with van der Waals surface area (Å²) in [4.78, 5) is 3.85. The number of fused-ring (bicyclic) bond motifs is 1. The lowest BCUT2D eigenvalue weighted by Crippen LogP contribution is -2.45. The lowest BCUT2D eigenvalue weighted by molar-refractivity contribution is 0.0172. The molecule has 0 aromatic heterocycles. The van der Waals surface area contributed by atoms with Crippen LogP contribution in [-0.2, 0) is 22.5 Å². The van der Waals surface area contributed by atoms with Gasteiger partial charge in [-0.1, -0.05) is 29.8 Å². The molecule has 1 atom stereocenters. The summed E-state index contributed by atoms with van der Waals surface area (Å²) in [6.45, 7) is 2.29. The van der Waals surface area contributed by atoms with Gasteiger partial charge in [0, 0.05) is 35.3 Å². The van der Waals surface area contributed by atoms with Crippen LogP contribution in [0.5, 0.6) is 5.75 Å². The molecule has 0 spiro atoms. The molecule has 3 aromatic carbocycles. The number of alkyl halides is 2. The highest BCUT2D eigenvalue weighted by atomic mass is 35.5. The van der Waals surface area contributed by atoms with Gasteiger partial charge in [0.1, 0.15) is 17.7 Å². The second-order valence-electron chi connectivity index (χ2n) is 8.91. The van der Waals surface area contributed by atoms with Gasteiger partial charge in [-0.25, -0.2) is 21.6 Å². The van der Waals surface area contributed by atoms with Crippen molar-refractivity contribution in [3.05, 3.63) is 82.6 Å². The predicted molar refractivity (Wildman–Crippen MR) is 142 cm³/mol. The van der Waals surface area contributed by atoms with Gasteiger partial charge in [0.2, 0.25) is 0 Å². The molecule has 38 heavy (non-hydrogen) atoms. The molecule has 0 saturated heterocycles. The van der Waals surface area contributed by atoms with Crippen molar-refractivity contribution in [2.75, 3.05) is 22.7 Å². The van der Waals surface area contributed by atoms with Crippen molar-refractivity contribution in [1.82, 2.24) is 0 Å². The molecule has 0 aliphatic carbocycles. The standard InChI is InChI=1S/C26H26ClF3N4O3S/c1-16(31)32-13-19-15-34(38(35,36)20-6-3-5-17(11-20)26(2,29)30)24-12-18(9-10-25(24)37-19)33-14-21-22(27)7-4-8-23(21)28/h3-12,19,33H,13-15H2,1-2H3,(H2,31,32)/t19-/m0/s1. The Balaban J connectivity index is 1.72. The fourth-order valence-corrected chi connectivity index (χ4v) is 5.71. The van der Waals surface area contributed by atoms with Crippen molar-refractivity contribution in [2.45, 2.75) is 37.3 Å². The van der Waals surface area contributed by atoms with Gasteiger partial charge in [-0.2, -0.15) is 0 Å². The van der Waals surface area contributed by atoms with E-state index in [4.69, 9.17) is 22.1 Å². The van der Waals surface area contributed by atoms with E-state index in [1.165, 1.54) is 36.4 Å². The Morgan fingerprint density at radius 1 is 1.21 bits per heavy atom. The van der Waals surface area contributed by atoms with Crippen molar-refractivity contribution >= 4 is 38.8 Å². The Bertz CT molecular complexity index is 1450. The van der Waals surface area contributed by atoms with E-state index in [0.29, 0.717) is 18.4 Å². The number of amidine groups is 1. The van der Waals surface area contributed by atoms with E-state index in [9.17, 15) is 21.6 Å². The van der Waals surface area contributed by atoms with Crippen LogP contribution in [0.15, 0.2) is 70.6 Å². The first-order valence-electron chi connectivity index (χ1n) is 11.6. The maximum atomic E-state index is 14.2. The van der Waals surface area contributed by atoms with Crippen LogP contribution in [0.4, 0.5) is 24.5 Å². The third kappa shape index (κ3) is 5.99. The number of nitrogens with zero attached hydrogens (tertiary/aromatic N) is 2. The van der Waals surface area contributed by atoms with Gasteiger partial charge in [0.15, 0.2) is 0 Å². The zero-order valence-electron chi connectivity index (χ0n) is 20.6. The third-order valence-corrected chi connectivity index (χ3v) is 8.02. The quantitative estimate of drug-likeness (QED) is 0.276. The minimum absolute atomic E-state index is 0.0403. The van der Waals surface area contributed by atoms with Crippen molar-refractivity contribution in [3.63, 3.8) is 0 Å². The number of benzene rings is 3. The van der Waals surface area contributed by atoms with Crippen LogP contribution < -0.4 is 20.1 Å². The molecular formula is C26H26ClF3N4O3S. The Hall–Kier alpha value is -3.44. The second-order valence-corrected chi connectivity index (χ2v) is 11.2. The van der Waals surface area contributed by atoms with Crippen LogP contribution in [0.25, 0.3) is 0 Å². The molecule has 3 aromatic rings. The first-order valence-corrected chi connectivity index (χ1v) is 13.4. The van der Waals surface area contributed by atoms with Crippen LogP contribution in [0, 0.1) is 5.82 Å². The smallest absolute Gasteiger partial charge is 0.270 e. The molecule has 0 unspecified atom stereocenters. The maximum Gasteiger partial charge on any atom is 0.270 e.